The van der Waals surface area contributed by atoms with E-state index in [1.807, 2.05) is 0 Å². The maximum absolute atomic E-state index is 11.7. The number of hydrogen-bond donors (Lipinski definition) is 1. The van der Waals surface area contributed by atoms with Gasteiger partial charge in [0.05, 0.1) is 6.54 Å². The monoisotopic (exact) mass is 105 g/mol. The second-order valence-corrected chi connectivity index (χ2v) is 1.22. The van der Waals surface area contributed by atoms with Crippen LogP contribution in [0.3, 0.4) is 0 Å². The Morgan fingerprint density at radius 3 is 2.57 bits per heavy atom. The van der Waals surface area contributed by atoms with E-state index >= 15 is 0 Å². The average Bonchev–Trinajstić information content (AvgIpc) is 1.61. The van der Waals surface area contributed by atoms with Gasteiger partial charge in [-0.25, -0.2) is 4.39 Å². The third kappa shape index (κ3) is 5.33. The van der Waals surface area contributed by atoms with Crippen LogP contribution >= 0.6 is 0 Å². The normalized spacial score (nSPS) is 15.1. The molecule has 3 nitrogen and oxygen atoms in total. The molecule has 0 amide bonds. The molecule has 0 fully saturated rings. The first-order valence-corrected chi connectivity index (χ1v) is 1.98. The maximum Gasteiger partial charge on any atom is 0.119 e. The van der Waals surface area contributed by atoms with Crippen molar-refractivity contribution in [2.45, 2.75) is 13.1 Å². The van der Waals surface area contributed by atoms with E-state index in [1.54, 1.807) is 0 Å². The lowest BCUT2D eigenvalue weighted by molar-refractivity contribution is 0.366. The molecule has 0 radical (unpaired) electrons. The standard InChI is InChI=1S/C3H8FN3/c1-3(4)2-6-7-5/h3H,2H2,1H3,(H2,5,6). The van der Waals surface area contributed by atoms with Crippen molar-refractivity contribution in [3.63, 3.8) is 0 Å². The van der Waals surface area contributed by atoms with Crippen LogP contribution < -0.4 is 5.84 Å². The van der Waals surface area contributed by atoms with Crippen LogP contribution in [0.15, 0.2) is 10.3 Å². The third-order valence-electron chi connectivity index (χ3n) is 0.415. The van der Waals surface area contributed by atoms with Crippen molar-refractivity contribution in [2.24, 2.45) is 16.2 Å². The van der Waals surface area contributed by atoms with E-state index in [4.69, 9.17) is 0 Å². The number of nitrogens with zero attached hydrogens (tertiary/aromatic N) is 2. The van der Waals surface area contributed by atoms with Gasteiger partial charge in [0, 0.05) is 0 Å². The highest BCUT2D eigenvalue weighted by molar-refractivity contribution is 4.45. The van der Waals surface area contributed by atoms with Crippen molar-refractivity contribution in [1.29, 1.82) is 0 Å². The minimum atomic E-state index is -0.938. The van der Waals surface area contributed by atoms with Gasteiger partial charge >= 0.3 is 0 Å². The topological polar surface area (TPSA) is 50.7 Å². The van der Waals surface area contributed by atoms with Crippen LogP contribution in [0.25, 0.3) is 0 Å². The van der Waals surface area contributed by atoms with Gasteiger partial charge < -0.3 is 5.84 Å². The fraction of sp³-hybridized carbons (Fsp3) is 1.00. The fourth-order valence-corrected chi connectivity index (χ4v) is 0.160. The van der Waals surface area contributed by atoms with Crippen LogP contribution in [0, 0.1) is 0 Å². The molecule has 4 heteroatoms. The number of halogens is 1. The van der Waals surface area contributed by atoms with Gasteiger partial charge in [0.25, 0.3) is 0 Å². The predicted octanol–water partition coefficient (Wildman–Crippen LogP) is 0.670. The quantitative estimate of drug-likeness (QED) is 0.313. The zero-order chi connectivity index (χ0) is 5.70. The summed E-state index contributed by atoms with van der Waals surface area (Å²) in [5, 5.41) is 6.06. The molecule has 0 aromatic carbocycles. The van der Waals surface area contributed by atoms with Gasteiger partial charge in [-0.15, -0.1) is 0 Å². The molecule has 0 aromatic rings. The molecule has 7 heavy (non-hydrogen) atoms. The first-order chi connectivity index (χ1) is 3.27. The summed E-state index contributed by atoms with van der Waals surface area (Å²) in [7, 11) is 0. The summed E-state index contributed by atoms with van der Waals surface area (Å²) in [4.78, 5) is 0. The number of alkyl halides is 1. The Hall–Kier alpha value is -0.670. The molecule has 0 aliphatic carbocycles. The SMILES string of the molecule is CC(F)CN=NN. The van der Waals surface area contributed by atoms with E-state index in [0.29, 0.717) is 0 Å². The second-order valence-electron chi connectivity index (χ2n) is 1.22. The summed E-state index contributed by atoms with van der Waals surface area (Å²) >= 11 is 0. The van der Waals surface area contributed by atoms with Crippen molar-refractivity contribution in [2.75, 3.05) is 6.54 Å². The molecule has 0 spiro atoms. The van der Waals surface area contributed by atoms with Crippen LogP contribution in [-0.4, -0.2) is 12.7 Å². The first kappa shape index (κ1) is 6.33. The molecule has 0 aliphatic heterocycles. The fourth-order valence-electron chi connectivity index (χ4n) is 0.160. The molecule has 0 saturated heterocycles. The first-order valence-electron chi connectivity index (χ1n) is 1.98. The molecule has 0 saturated carbocycles. The summed E-state index contributed by atoms with van der Waals surface area (Å²) < 4.78 is 11.7. The van der Waals surface area contributed by atoms with Crippen molar-refractivity contribution in [1.82, 2.24) is 0 Å². The summed E-state index contributed by atoms with van der Waals surface area (Å²) in [6.07, 6.45) is -0.938. The van der Waals surface area contributed by atoms with E-state index in [2.05, 4.69) is 16.2 Å². The number of nitrogens with two attached hydrogens (primary N) is 1. The van der Waals surface area contributed by atoms with Crippen LogP contribution in [0.2, 0.25) is 0 Å². The Morgan fingerprint density at radius 2 is 2.43 bits per heavy atom. The number of hydrogen-bond acceptors (Lipinski definition) is 2. The molecular weight excluding hydrogens is 97.1 g/mol. The van der Waals surface area contributed by atoms with Gasteiger partial charge in [0.2, 0.25) is 0 Å². The highest BCUT2D eigenvalue weighted by atomic mass is 19.1. The molecule has 0 bridgehead atoms. The minimum Gasteiger partial charge on any atom is -0.305 e. The molecule has 42 valence electrons. The average molecular weight is 105 g/mol. The van der Waals surface area contributed by atoms with E-state index < -0.39 is 6.17 Å². The van der Waals surface area contributed by atoms with Crippen molar-refractivity contribution >= 4 is 0 Å². The smallest absolute Gasteiger partial charge is 0.119 e. The van der Waals surface area contributed by atoms with E-state index in [0.717, 1.165) is 0 Å². The van der Waals surface area contributed by atoms with Gasteiger partial charge in [0.1, 0.15) is 6.17 Å². The molecule has 0 rings (SSSR count). The molecule has 1 unspecified atom stereocenters. The van der Waals surface area contributed by atoms with Crippen molar-refractivity contribution < 1.29 is 4.39 Å². The Bertz CT molecular complexity index is 61.2. The Kier molecular flexibility index (Phi) is 3.18. The van der Waals surface area contributed by atoms with Gasteiger partial charge in [-0.3, -0.25) is 0 Å². The lowest BCUT2D eigenvalue weighted by atomic mass is 10.5. The van der Waals surface area contributed by atoms with Crippen LogP contribution in [-0.2, 0) is 0 Å². The van der Waals surface area contributed by atoms with Crippen molar-refractivity contribution in [3.05, 3.63) is 0 Å². The highest BCUT2D eigenvalue weighted by Gasteiger charge is 1.91. The summed E-state index contributed by atoms with van der Waals surface area (Å²) in [5.41, 5.74) is 0. The Labute approximate surface area is 41.4 Å². The van der Waals surface area contributed by atoms with Gasteiger partial charge in [-0.1, -0.05) is 5.22 Å². The zero-order valence-electron chi connectivity index (χ0n) is 4.13. The van der Waals surface area contributed by atoms with Gasteiger partial charge in [0.15, 0.2) is 0 Å². The van der Waals surface area contributed by atoms with Crippen LogP contribution in [0.4, 0.5) is 4.39 Å². The molecule has 0 aliphatic rings. The van der Waals surface area contributed by atoms with Gasteiger partial charge in [-0.2, -0.15) is 5.11 Å². The van der Waals surface area contributed by atoms with Gasteiger partial charge in [-0.05, 0) is 6.92 Å². The largest absolute Gasteiger partial charge is 0.305 e. The third-order valence-corrected chi connectivity index (χ3v) is 0.415. The Morgan fingerprint density at radius 1 is 1.86 bits per heavy atom. The minimum absolute atomic E-state index is 0.0660. The summed E-state index contributed by atoms with van der Waals surface area (Å²) in [6, 6.07) is 0. The molecule has 0 heterocycles. The van der Waals surface area contributed by atoms with Crippen LogP contribution in [0.5, 0.6) is 0 Å². The van der Waals surface area contributed by atoms with Crippen LogP contribution in [0.1, 0.15) is 6.92 Å². The second kappa shape index (κ2) is 3.52. The zero-order valence-corrected chi connectivity index (χ0v) is 4.13. The van der Waals surface area contributed by atoms with E-state index in [9.17, 15) is 4.39 Å². The number of rotatable bonds is 2. The van der Waals surface area contributed by atoms with E-state index in [-0.39, 0.29) is 6.54 Å². The molecule has 1 atom stereocenters. The highest BCUT2D eigenvalue weighted by Crippen LogP contribution is 1.86. The lowest BCUT2D eigenvalue weighted by Crippen LogP contribution is -1.96. The molecule has 0 aromatic heterocycles. The van der Waals surface area contributed by atoms with Crippen molar-refractivity contribution in [3.8, 4) is 0 Å². The molecular formula is C3H8FN3. The molecule has 2 N–H and O–H groups in total. The lowest BCUT2D eigenvalue weighted by Gasteiger charge is -1.88. The maximum atomic E-state index is 11.7. The summed E-state index contributed by atoms with van der Waals surface area (Å²) in [5.74, 6) is 4.57. The Balaban J connectivity index is 2.97. The predicted molar refractivity (Wildman–Crippen MR) is 24.5 cm³/mol. The van der Waals surface area contributed by atoms with E-state index in [1.165, 1.54) is 6.92 Å². The summed E-state index contributed by atoms with van der Waals surface area (Å²) in [6.45, 7) is 1.46.